The number of aromatic nitrogens is 3. The summed E-state index contributed by atoms with van der Waals surface area (Å²) in [5, 5.41) is 7.32. The molecule has 2 heterocycles. The van der Waals surface area contributed by atoms with Crippen LogP contribution in [0.5, 0.6) is 0 Å². The predicted octanol–water partition coefficient (Wildman–Crippen LogP) is 1.74. The Morgan fingerprint density at radius 1 is 1.23 bits per heavy atom. The van der Waals surface area contributed by atoms with Crippen LogP contribution in [0.3, 0.4) is 0 Å². The number of halogens is 1. The molecule has 0 saturated carbocycles. The summed E-state index contributed by atoms with van der Waals surface area (Å²) >= 11 is 6.22. The molecule has 116 valence electrons. The first-order valence-corrected chi connectivity index (χ1v) is 7.73. The van der Waals surface area contributed by atoms with Crippen molar-refractivity contribution in [1.82, 2.24) is 20.1 Å². The van der Waals surface area contributed by atoms with E-state index in [2.05, 4.69) is 20.1 Å². The molecule has 7 heteroatoms. The van der Waals surface area contributed by atoms with Crippen LogP contribution in [0, 0.1) is 0 Å². The number of carbonyl (C=O) groups is 1. The Hall–Kier alpha value is -2.08. The lowest BCUT2D eigenvalue weighted by Gasteiger charge is -2.36. The predicted molar refractivity (Wildman–Crippen MR) is 84.9 cm³/mol. The molecule has 1 aromatic heterocycles. The number of carbonyl (C=O) groups excluding carboxylic acids is 1. The second kappa shape index (κ2) is 6.79. The minimum Gasteiger partial charge on any atom is -0.367 e. The number of amides is 1. The maximum atomic E-state index is 12.2. The zero-order valence-electron chi connectivity index (χ0n) is 12.2. The lowest BCUT2D eigenvalue weighted by atomic mass is 10.2. The highest BCUT2D eigenvalue weighted by molar-refractivity contribution is 6.33. The fraction of sp³-hybridized carbons (Fsp3) is 0.400. The SMILES string of the molecule is O=C(CCc1ncn[nH]1)N1CCN(c2ccccc2Cl)CC1. The molecule has 0 atom stereocenters. The number of rotatable bonds is 4. The van der Waals surface area contributed by atoms with Crippen LogP contribution in [-0.4, -0.2) is 52.2 Å². The van der Waals surface area contributed by atoms with Gasteiger partial charge in [-0.3, -0.25) is 9.89 Å². The summed E-state index contributed by atoms with van der Waals surface area (Å²) in [4.78, 5) is 20.4. The molecule has 0 bridgehead atoms. The molecule has 1 N–H and O–H groups in total. The number of nitrogens with zero attached hydrogens (tertiary/aromatic N) is 4. The third-order valence-corrected chi connectivity index (χ3v) is 4.19. The molecule has 1 amide bonds. The molecule has 22 heavy (non-hydrogen) atoms. The molecule has 1 aromatic carbocycles. The van der Waals surface area contributed by atoms with Crippen molar-refractivity contribution in [2.75, 3.05) is 31.1 Å². The summed E-state index contributed by atoms with van der Waals surface area (Å²) < 4.78 is 0. The van der Waals surface area contributed by atoms with Crippen molar-refractivity contribution < 1.29 is 4.79 Å². The molecule has 0 aliphatic carbocycles. The molecule has 0 radical (unpaired) electrons. The van der Waals surface area contributed by atoms with Crippen molar-refractivity contribution >= 4 is 23.2 Å². The maximum absolute atomic E-state index is 12.2. The number of hydrogen-bond acceptors (Lipinski definition) is 4. The van der Waals surface area contributed by atoms with Crippen LogP contribution in [0.2, 0.25) is 5.02 Å². The second-order valence-electron chi connectivity index (χ2n) is 5.25. The van der Waals surface area contributed by atoms with Crippen LogP contribution in [-0.2, 0) is 11.2 Å². The Bertz CT molecular complexity index is 623. The largest absolute Gasteiger partial charge is 0.367 e. The minimum absolute atomic E-state index is 0.162. The van der Waals surface area contributed by atoms with E-state index in [9.17, 15) is 4.79 Å². The minimum atomic E-state index is 0.162. The Morgan fingerprint density at radius 2 is 2.00 bits per heavy atom. The monoisotopic (exact) mass is 319 g/mol. The first-order valence-electron chi connectivity index (χ1n) is 7.35. The van der Waals surface area contributed by atoms with Gasteiger partial charge in [-0.25, -0.2) is 4.98 Å². The van der Waals surface area contributed by atoms with Crippen LogP contribution >= 0.6 is 11.6 Å². The molecule has 1 fully saturated rings. The molecular weight excluding hydrogens is 302 g/mol. The number of benzene rings is 1. The van der Waals surface area contributed by atoms with E-state index in [1.165, 1.54) is 6.33 Å². The number of aromatic amines is 1. The van der Waals surface area contributed by atoms with Crippen molar-refractivity contribution in [3.63, 3.8) is 0 Å². The van der Waals surface area contributed by atoms with Gasteiger partial charge in [-0.15, -0.1) is 0 Å². The normalized spacial score (nSPS) is 15.1. The third-order valence-electron chi connectivity index (χ3n) is 3.87. The molecule has 1 saturated heterocycles. The maximum Gasteiger partial charge on any atom is 0.223 e. The van der Waals surface area contributed by atoms with Crippen molar-refractivity contribution in [2.45, 2.75) is 12.8 Å². The number of anilines is 1. The zero-order chi connectivity index (χ0) is 15.4. The highest BCUT2D eigenvalue weighted by atomic mass is 35.5. The average molecular weight is 320 g/mol. The lowest BCUT2D eigenvalue weighted by molar-refractivity contribution is -0.131. The molecule has 6 nitrogen and oxygen atoms in total. The van der Waals surface area contributed by atoms with Gasteiger partial charge in [-0.05, 0) is 12.1 Å². The van der Waals surface area contributed by atoms with Gasteiger partial charge in [0.15, 0.2) is 0 Å². The number of nitrogens with one attached hydrogen (secondary N) is 1. The van der Waals surface area contributed by atoms with Gasteiger partial charge >= 0.3 is 0 Å². The van der Waals surface area contributed by atoms with Gasteiger partial charge in [0.1, 0.15) is 12.2 Å². The second-order valence-corrected chi connectivity index (χ2v) is 5.66. The van der Waals surface area contributed by atoms with Gasteiger partial charge in [0, 0.05) is 39.0 Å². The fourth-order valence-electron chi connectivity index (χ4n) is 2.64. The van der Waals surface area contributed by atoms with E-state index in [0.29, 0.717) is 12.8 Å². The Morgan fingerprint density at radius 3 is 2.68 bits per heavy atom. The fourth-order valence-corrected chi connectivity index (χ4v) is 2.89. The van der Waals surface area contributed by atoms with Crippen LogP contribution < -0.4 is 4.90 Å². The third kappa shape index (κ3) is 3.39. The van der Waals surface area contributed by atoms with E-state index < -0.39 is 0 Å². The molecule has 2 aromatic rings. The Labute approximate surface area is 134 Å². The Kier molecular flexibility index (Phi) is 4.58. The summed E-state index contributed by atoms with van der Waals surface area (Å²) in [5.74, 6) is 0.915. The van der Waals surface area contributed by atoms with Crippen molar-refractivity contribution in [3.05, 3.63) is 41.4 Å². The Balaban J connectivity index is 1.51. The van der Waals surface area contributed by atoms with E-state index in [-0.39, 0.29) is 5.91 Å². The first-order chi connectivity index (χ1) is 10.7. The van der Waals surface area contributed by atoms with Crippen molar-refractivity contribution in [3.8, 4) is 0 Å². The molecule has 3 rings (SSSR count). The molecule has 1 aliphatic rings. The highest BCUT2D eigenvalue weighted by Crippen LogP contribution is 2.26. The number of piperazine rings is 1. The van der Waals surface area contributed by atoms with E-state index in [1.54, 1.807) is 0 Å². The summed E-state index contributed by atoms with van der Waals surface area (Å²) in [6.07, 6.45) is 2.52. The topological polar surface area (TPSA) is 65.1 Å². The summed E-state index contributed by atoms with van der Waals surface area (Å²) in [6.45, 7) is 3.05. The zero-order valence-corrected chi connectivity index (χ0v) is 13.0. The number of aryl methyl sites for hydroxylation is 1. The van der Waals surface area contributed by atoms with Gasteiger partial charge in [0.05, 0.1) is 10.7 Å². The lowest BCUT2D eigenvalue weighted by Crippen LogP contribution is -2.49. The van der Waals surface area contributed by atoms with Gasteiger partial charge in [-0.2, -0.15) is 5.10 Å². The molecule has 0 spiro atoms. The molecule has 1 aliphatic heterocycles. The number of H-pyrrole nitrogens is 1. The van der Waals surface area contributed by atoms with Gasteiger partial charge < -0.3 is 9.80 Å². The van der Waals surface area contributed by atoms with Crippen LogP contribution in [0.4, 0.5) is 5.69 Å². The summed E-state index contributed by atoms with van der Waals surface area (Å²) in [6, 6.07) is 7.82. The van der Waals surface area contributed by atoms with E-state index in [0.717, 1.165) is 42.7 Å². The standard InChI is InChI=1S/C15H18ClN5O/c16-12-3-1-2-4-13(12)20-7-9-21(10-8-20)15(22)6-5-14-17-11-18-19-14/h1-4,11H,5-10H2,(H,17,18,19). The molecular formula is C15H18ClN5O. The number of para-hydroxylation sites is 1. The average Bonchev–Trinajstić information content (AvgIpc) is 3.07. The van der Waals surface area contributed by atoms with E-state index >= 15 is 0 Å². The number of hydrogen-bond donors (Lipinski definition) is 1. The summed E-state index contributed by atoms with van der Waals surface area (Å²) in [5.41, 5.74) is 1.04. The first kappa shape index (κ1) is 14.8. The van der Waals surface area contributed by atoms with Gasteiger partial charge in [-0.1, -0.05) is 23.7 Å². The quantitative estimate of drug-likeness (QED) is 0.932. The smallest absolute Gasteiger partial charge is 0.223 e. The highest BCUT2D eigenvalue weighted by Gasteiger charge is 2.22. The summed E-state index contributed by atoms with van der Waals surface area (Å²) in [7, 11) is 0. The van der Waals surface area contributed by atoms with Crippen molar-refractivity contribution in [1.29, 1.82) is 0 Å². The van der Waals surface area contributed by atoms with Gasteiger partial charge in [0.2, 0.25) is 5.91 Å². The van der Waals surface area contributed by atoms with Crippen LogP contribution in [0.15, 0.2) is 30.6 Å². The van der Waals surface area contributed by atoms with Crippen molar-refractivity contribution in [2.24, 2.45) is 0 Å². The van der Waals surface area contributed by atoms with E-state index in [1.807, 2.05) is 29.2 Å². The van der Waals surface area contributed by atoms with Crippen LogP contribution in [0.1, 0.15) is 12.2 Å². The van der Waals surface area contributed by atoms with E-state index in [4.69, 9.17) is 11.6 Å². The van der Waals surface area contributed by atoms with Gasteiger partial charge in [0.25, 0.3) is 0 Å². The molecule has 0 unspecified atom stereocenters. The van der Waals surface area contributed by atoms with Crippen LogP contribution in [0.25, 0.3) is 0 Å².